The molecule has 4 nitrogen and oxygen atoms in total. The van der Waals surface area contributed by atoms with Crippen LogP contribution in [-0.2, 0) is 0 Å². The molecule has 0 aliphatic heterocycles. The number of benzene rings is 1. The smallest absolute Gasteiger partial charge is 0.253 e. The van der Waals surface area contributed by atoms with E-state index in [0.29, 0.717) is 23.7 Å². The lowest BCUT2D eigenvalue weighted by molar-refractivity contribution is 0.0791. The van der Waals surface area contributed by atoms with Gasteiger partial charge in [0.25, 0.3) is 5.91 Å². The third-order valence-electron chi connectivity index (χ3n) is 5.51. The Morgan fingerprint density at radius 1 is 1.36 bits per heavy atom. The largest absolute Gasteiger partial charge is 0.401 e. The van der Waals surface area contributed by atoms with E-state index in [0.717, 1.165) is 17.7 Å². The molecule has 3 N–H and O–H groups in total. The minimum Gasteiger partial charge on any atom is -0.401 e. The fourth-order valence-electron chi connectivity index (χ4n) is 3.63. The van der Waals surface area contributed by atoms with Crippen LogP contribution in [0, 0.1) is 30.1 Å². The van der Waals surface area contributed by atoms with Gasteiger partial charge in [-0.1, -0.05) is 55.3 Å². The maximum Gasteiger partial charge on any atom is 0.253 e. The monoisotopic (exact) mass is 379 g/mol. The molecule has 3 unspecified atom stereocenters. The molecule has 3 atom stereocenters. The number of hydrogen-bond donors (Lipinski definition) is 2. The Labute approximate surface area is 169 Å². The maximum atomic E-state index is 12.6. The number of amides is 1. The summed E-state index contributed by atoms with van der Waals surface area (Å²) in [4.78, 5) is 14.3. The molecular formula is C24H33N3O. The average molecular weight is 380 g/mol. The van der Waals surface area contributed by atoms with Crippen LogP contribution >= 0.6 is 0 Å². The second-order valence-electron chi connectivity index (χ2n) is 8.02. The van der Waals surface area contributed by atoms with Gasteiger partial charge in [0.15, 0.2) is 0 Å². The summed E-state index contributed by atoms with van der Waals surface area (Å²) in [5.74, 6) is 0.539. The zero-order valence-corrected chi connectivity index (χ0v) is 17.7. The van der Waals surface area contributed by atoms with Crippen molar-refractivity contribution in [1.29, 1.82) is 5.41 Å². The number of hydrogen-bond acceptors (Lipinski definition) is 3. The van der Waals surface area contributed by atoms with Crippen LogP contribution in [0.4, 0.5) is 0 Å². The Balaban J connectivity index is 1.94. The van der Waals surface area contributed by atoms with E-state index in [1.807, 2.05) is 51.2 Å². The minimum atomic E-state index is 0.0149. The van der Waals surface area contributed by atoms with Crippen LogP contribution in [0.3, 0.4) is 0 Å². The van der Waals surface area contributed by atoms with Crippen molar-refractivity contribution in [3.63, 3.8) is 0 Å². The molecular weight excluding hydrogens is 346 g/mol. The number of aryl methyl sites for hydroxylation is 1. The fraction of sp³-hybridized carbons (Fsp3) is 0.417. The fourth-order valence-corrected chi connectivity index (χ4v) is 3.63. The number of nitrogens with one attached hydrogen (secondary N) is 1. The summed E-state index contributed by atoms with van der Waals surface area (Å²) in [5, 5.41) is 8.42. The van der Waals surface area contributed by atoms with Gasteiger partial charge in [0.05, 0.1) is 0 Å². The van der Waals surface area contributed by atoms with Crippen LogP contribution in [0.15, 0.2) is 59.8 Å². The van der Waals surface area contributed by atoms with Gasteiger partial charge in [0, 0.05) is 36.5 Å². The first-order valence-electron chi connectivity index (χ1n) is 9.93. The van der Waals surface area contributed by atoms with Crippen LogP contribution in [0.5, 0.6) is 0 Å². The lowest BCUT2D eigenvalue weighted by Gasteiger charge is -2.26. The van der Waals surface area contributed by atoms with E-state index in [9.17, 15) is 4.79 Å². The van der Waals surface area contributed by atoms with E-state index < -0.39 is 0 Å². The van der Waals surface area contributed by atoms with E-state index in [2.05, 4.69) is 32.1 Å². The van der Waals surface area contributed by atoms with E-state index in [4.69, 9.17) is 11.1 Å². The quantitative estimate of drug-likeness (QED) is 0.673. The zero-order valence-electron chi connectivity index (χ0n) is 17.7. The van der Waals surface area contributed by atoms with Crippen molar-refractivity contribution in [2.75, 3.05) is 13.6 Å². The van der Waals surface area contributed by atoms with Crippen molar-refractivity contribution >= 4 is 11.6 Å². The second-order valence-corrected chi connectivity index (χ2v) is 8.02. The van der Waals surface area contributed by atoms with Crippen molar-refractivity contribution in [1.82, 2.24) is 4.90 Å². The summed E-state index contributed by atoms with van der Waals surface area (Å²) in [6.45, 7) is 8.84. The molecule has 1 amide bonds. The third-order valence-corrected chi connectivity index (χ3v) is 5.51. The number of nitrogens with zero attached hydrogens (tertiary/aromatic N) is 1. The lowest BCUT2D eigenvalue weighted by atomic mass is 9.81. The first-order valence-corrected chi connectivity index (χ1v) is 9.93. The first kappa shape index (κ1) is 21.7. The van der Waals surface area contributed by atoms with Gasteiger partial charge in [-0.25, -0.2) is 0 Å². The summed E-state index contributed by atoms with van der Waals surface area (Å²) < 4.78 is 0. The molecule has 0 aromatic heterocycles. The Morgan fingerprint density at radius 2 is 2.07 bits per heavy atom. The highest BCUT2D eigenvalue weighted by molar-refractivity contribution is 5.95. The van der Waals surface area contributed by atoms with Crippen LogP contribution in [0.25, 0.3) is 0 Å². The minimum absolute atomic E-state index is 0.0149. The van der Waals surface area contributed by atoms with E-state index in [1.54, 1.807) is 4.90 Å². The highest BCUT2D eigenvalue weighted by atomic mass is 16.2. The summed E-state index contributed by atoms with van der Waals surface area (Å²) in [5.41, 5.74) is 10.6. The molecule has 28 heavy (non-hydrogen) atoms. The maximum absolute atomic E-state index is 12.6. The summed E-state index contributed by atoms with van der Waals surface area (Å²) >= 11 is 0. The topological polar surface area (TPSA) is 70.2 Å². The Bertz CT molecular complexity index is 819. The second kappa shape index (κ2) is 9.54. The van der Waals surface area contributed by atoms with E-state index in [-0.39, 0.29) is 17.7 Å². The molecule has 0 spiro atoms. The molecule has 4 heteroatoms. The molecule has 0 saturated heterocycles. The third kappa shape index (κ3) is 5.44. The molecule has 0 heterocycles. The normalized spacial score (nSPS) is 20.5. The Hall–Kier alpha value is -2.62. The molecule has 1 aliphatic rings. The molecule has 0 bridgehead atoms. The summed E-state index contributed by atoms with van der Waals surface area (Å²) in [6.07, 6.45) is 8.84. The number of carbonyl (C=O) groups excluding carboxylic acids is 1. The van der Waals surface area contributed by atoms with E-state index >= 15 is 0 Å². The van der Waals surface area contributed by atoms with Gasteiger partial charge in [0.2, 0.25) is 0 Å². The van der Waals surface area contributed by atoms with Crippen LogP contribution in [0.2, 0.25) is 0 Å². The number of nitrogens with two attached hydrogens (primary N) is 1. The standard InChI is InChI=1S/C24H33N3O/c1-16-8-6-11-20(14-16)24(28)27(5)13-12-17(2)21(25)15-22(26)23-18(3)9-7-10-19(23)4/h6-11,14-15,17-18,23,25H,12-13,26H2,1-5H3/b22-15-,25-21?. The van der Waals surface area contributed by atoms with Gasteiger partial charge in [-0.2, -0.15) is 0 Å². The van der Waals surface area contributed by atoms with Crippen molar-refractivity contribution in [2.45, 2.75) is 34.1 Å². The molecule has 0 saturated carbocycles. The highest BCUT2D eigenvalue weighted by Crippen LogP contribution is 2.30. The Morgan fingerprint density at radius 3 is 2.71 bits per heavy atom. The summed E-state index contributed by atoms with van der Waals surface area (Å²) in [7, 11) is 1.81. The molecule has 0 fully saturated rings. The first-order chi connectivity index (χ1) is 13.2. The molecule has 2 rings (SSSR count). The molecule has 1 aromatic carbocycles. The molecule has 1 aliphatic carbocycles. The SMILES string of the molecule is CC1=CC=CC(C)C1/C(N)=C/C(=N)C(C)CCN(C)C(=O)c1cccc(C)c1. The number of allylic oxidation sites excluding steroid dienone is 5. The van der Waals surface area contributed by atoms with Gasteiger partial charge >= 0.3 is 0 Å². The van der Waals surface area contributed by atoms with Crippen molar-refractivity contribution in [3.8, 4) is 0 Å². The van der Waals surface area contributed by atoms with Crippen LogP contribution in [-0.4, -0.2) is 30.1 Å². The molecule has 150 valence electrons. The van der Waals surface area contributed by atoms with Gasteiger partial charge < -0.3 is 16.0 Å². The molecule has 0 radical (unpaired) electrons. The van der Waals surface area contributed by atoms with Crippen molar-refractivity contribution < 1.29 is 4.79 Å². The highest BCUT2D eigenvalue weighted by Gasteiger charge is 2.22. The van der Waals surface area contributed by atoms with Crippen molar-refractivity contribution in [3.05, 3.63) is 71.0 Å². The van der Waals surface area contributed by atoms with Gasteiger partial charge in [-0.05, 0) is 50.3 Å². The van der Waals surface area contributed by atoms with Crippen molar-refractivity contribution in [2.24, 2.45) is 23.5 Å². The van der Waals surface area contributed by atoms with E-state index in [1.165, 1.54) is 5.57 Å². The van der Waals surface area contributed by atoms with Gasteiger partial charge in [0.1, 0.15) is 0 Å². The van der Waals surface area contributed by atoms with Gasteiger partial charge in [-0.3, -0.25) is 4.79 Å². The predicted octanol–water partition coefficient (Wildman–Crippen LogP) is 4.72. The predicted molar refractivity (Wildman–Crippen MR) is 117 cm³/mol. The van der Waals surface area contributed by atoms with Gasteiger partial charge in [-0.15, -0.1) is 0 Å². The Kier molecular flexibility index (Phi) is 7.38. The summed E-state index contributed by atoms with van der Waals surface area (Å²) in [6, 6.07) is 7.64. The zero-order chi connectivity index (χ0) is 20.8. The van der Waals surface area contributed by atoms with Crippen LogP contribution < -0.4 is 5.73 Å². The van der Waals surface area contributed by atoms with Crippen LogP contribution in [0.1, 0.15) is 43.1 Å². The number of carbonyl (C=O) groups is 1. The average Bonchev–Trinajstić information content (AvgIpc) is 2.64. The molecule has 1 aromatic rings. The number of rotatable bonds is 7. The lowest BCUT2D eigenvalue weighted by Crippen LogP contribution is -2.30.